The lowest BCUT2D eigenvalue weighted by Crippen LogP contribution is -1.92. The van der Waals surface area contributed by atoms with E-state index in [9.17, 15) is 10.1 Å². The molecule has 4 aromatic rings. The van der Waals surface area contributed by atoms with E-state index in [2.05, 4.69) is 34.1 Å². The Bertz CT molecular complexity index is 1070. The molecule has 3 nitrogen and oxygen atoms in total. The zero-order valence-electron chi connectivity index (χ0n) is 11.8. The van der Waals surface area contributed by atoms with Crippen LogP contribution in [0.4, 0.5) is 5.69 Å². The third-order valence-electron chi connectivity index (χ3n) is 3.85. The Labute approximate surface area is 144 Å². The smallest absolute Gasteiger partial charge is 0.258 e. The molecule has 0 saturated carbocycles. The standard InChI is InChI=1S/C18H10BrNO2S/c19-11-8-9-16(20(21)22)15(10-11)14-6-3-5-13-12-4-1-2-7-17(12)23-18(13)14/h1-10H. The first-order valence-corrected chi connectivity index (χ1v) is 8.60. The van der Waals surface area contributed by atoms with Gasteiger partial charge in [0.1, 0.15) is 0 Å². The Kier molecular flexibility index (Phi) is 3.39. The van der Waals surface area contributed by atoms with Gasteiger partial charge in [-0.25, -0.2) is 0 Å². The van der Waals surface area contributed by atoms with Gasteiger partial charge in [0.15, 0.2) is 0 Å². The molecule has 23 heavy (non-hydrogen) atoms. The lowest BCUT2D eigenvalue weighted by atomic mass is 10.0. The van der Waals surface area contributed by atoms with Gasteiger partial charge in [-0.05, 0) is 18.2 Å². The maximum absolute atomic E-state index is 11.4. The number of thiophene rings is 1. The first-order valence-electron chi connectivity index (χ1n) is 7.00. The van der Waals surface area contributed by atoms with Crippen molar-refractivity contribution in [3.05, 3.63) is 75.3 Å². The summed E-state index contributed by atoms with van der Waals surface area (Å²) in [5, 5.41) is 13.7. The van der Waals surface area contributed by atoms with E-state index in [-0.39, 0.29) is 10.6 Å². The molecular formula is C18H10BrNO2S. The van der Waals surface area contributed by atoms with Crippen LogP contribution in [0.2, 0.25) is 0 Å². The van der Waals surface area contributed by atoms with E-state index in [0.29, 0.717) is 5.56 Å². The fraction of sp³-hybridized carbons (Fsp3) is 0. The summed E-state index contributed by atoms with van der Waals surface area (Å²) in [5.41, 5.74) is 1.66. The highest BCUT2D eigenvalue weighted by atomic mass is 79.9. The van der Waals surface area contributed by atoms with Crippen LogP contribution in [-0.2, 0) is 0 Å². The number of rotatable bonds is 2. The van der Waals surface area contributed by atoms with Crippen LogP contribution >= 0.6 is 27.3 Å². The molecule has 1 aromatic heterocycles. The topological polar surface area (TPSA) is 43.1 Å². The van der Waals surface area contributed by atoms with Crippen molar-refractivity contribution in [2.24, 2.45) is 0 Å². The van der Waals surface area contributed by atoms with E-state index in [1.54, 1.807) is 23.5 Å². The molecule has 0 aliphatic carbocycles. The fourth-order valence-electron chi connectivity index (χ4n) is 2.84. The molecule has 0 saturated heterocycles. The average Bonchev–Trinajstić information content (AvgIpc) is 2.93. The predicted molar refractivity (Wildman–Crippen MR) is 99.1 cm³/mol. The summed E-state index contributed by atoms with van der Waals surface area (Å²) in [6.45, 7) is 0. The molecule has 0 atom stereocenters. The number of benzene rings is 3. The largest absolute Gasteiger partial charge is 0.277 e. The van der Waals surface area contributed by atoms with Gasteiger partial charge in [0.05, 0.1) is 10.5 Å². The zero-order valence-corrected chi connectivity index (χ0v) is 14.2. The first-order chi connectivity index (χ1) is 11.1. The highest BCUT2D eigenvalue weighted by Crippen LogP contribution is 2.42. The normalized spacial score (nSPS) is 11.2. The molecule has 0 bridgehead atoms. The van der Waals surface area contributed by atoms with Gasteiger partial charge >= 0.3 is 0 Å². The lowest BCUT2D eigenvalue weighted by molar-refractivity contribution is -0.384. The SMILES string of the molecule is O=[N+]([O-])c1ccc(Br)cc1-c1cccc2c1sc1ccccc12. The Morgan fingerprint density at radius 1 is 0.913 bits per heavy atom. The van der Waals surface area contributed by atoms with Crippen molar-refractivity contribution in [2.45, 2.75) is 0 Å². The van der Waals surface area contributed by atoms with Gasteiger partial charge in [-0.3, -0.25) is 10.1 Å². The maximum atomic E-state index is 11.4. The summed E-state index contributed by atoms with van der Waals surface area (Å²) in [5.74, 6) is 0. The van der Waals surface area contributed by atoms with Crippen molar-refractivity contribution in [1.82, 2.24) is 0 Å². The molecule has 0 unspecified atom stereocenters. The highest BCUT2D eigenvalue weighted by Gasteiger charge is 2.19. The molecule has 0 aliphatic rings. The van der Waals surface area contributed by atoms with Crippen molar-refractivity contribution in [1.29, 1.82) is 0 Å². The second kappa shape index (κ2) is 5.44. The Morgan fingerprint density at radius 3 is 2.52 bits per heavy atom. The molecule has 112 valence electrons. The van der Waals surface area contributed by atoms with Crippen LogP contribution in [0.15, 0.2) is 65.1 Å². The quantitative estimate of drug-likeness (QED) is 0.297. The number of nitro groups is 1. The van der Waals surface area contributed by atoms with Crippen LogP contribution in [0.3, 0.4) is 0 Å². The minimum atomic E-state index is -0.325. The Balaban J connectivity index is 2.11. The zero-order chi connectivity index (χ0) is 16.0. The summed E-state index contributed by atoms with van der Waals surface area (Å²) in [6, 6.07) is 19.2. The van der Waals surface area contributed by atoms with Gasteiger partial charge in [0.25, 0.3) is 5.69 Å². The molecule has 0 radical (unpaired) electrons. The number of fused-ring (bicyclic) bond motifs is 3. The summed E-state index contributed by atoms with van der Waals surface area (Å²) >= 11 is 5.09. The molecule has 1 heterocycles. The molecular weight excluding hydrogens is 374 g/mol. The molecule has 0 aliphatic heterocycles. The van der Waals surface area contributed by atoms with Gasteiger partial charge in [-0.2, -0.15) is 0 Å². The fourth-order valence-corrected chi connectivity index (χ4v) is 4.43. The first kappa shape index (κ1) is 14.4. The second-order valence-electron chi connectivity index (χ2n) is 5.20. The number of nitro benzene ring substituents is 1. The molecule has 0 spiro atoms. The van der Waals surface area contributed by atoms with Gasteiger partial charge < -0.3 is 0 Å². The molecule has 3 aromatic carbocycles. The van der Waals surface area contributed by atoms with E-state index < -0.39 is 0 Å². The van der Waals surface area contributed by atoms with Gasteiger partial charge in [-0.1, -0.05) is 52.3 Å². The maximum Gasteiger partial charge on any atom is 0.277 e. The van der Waals surface area contributed by atoms with E-state index in [1.807, 2.05) is 30.3 Å². The highest BCUT2D eigenvalue weighted by molar-refractivity contribution is 9.10. The van der Waals surface area contributed by atoms with Crippen LogP contribution < -0.4 is 0 Å². The van der Waals surface area contributed by atoms with Gasteiger partial charge in [0, 0.05) is 36.3 Å². The van der Waals surface area contributed by atoms with Crippen LogP contribution in [0.25, 0.3) is 31.3 Å². The minimum Gasteiger partial charge on any atom is -0.258 e. The Morgan fingerprint density at radius 2 is 1.70 bits per heavy atom. The van der Waals surface area contributed by atoms with Gasteiger partial charge in [0.2, 0.25) is 0 Å². The third-order valence-corrected chi connectivity index (χ3v) is 5.56. The number of nitrogens with zero attached hydrogens (tertiary/aromatic N) is 1. The van der Waals surface area contributed by atoms with Crippen molar-refractivity contribution < 1.29 is 4.92 Å². The minimum absolute atomic E-state index is 0.123. The van der Waals surface area contributed by atoms with Crippen LogP contribution in [0.1, 0.15) is 0 Å². The molecule has 0 amide bonds. The van der Waals surface area contributed by atoms with Crippen molar-refractivity contribution >= 4 is 53.1 Å². The third kappa shape index (κ3) is 2.33. The monoisotopic (exact) mass is 383 g/mol. The average molecular weight is 384 g/mol. The Hall–Kier alpha value is -2.24. The number of hydrogen-bond donors (Lipinski definition) is 0. The molecule has 0 N–H and O–H groups in total. The van der Waals surface area contributed by atoms with Crippen LogP contribution in [0.5, 0.6) is 0 Å². The lowest BCUT2D eigenvalue weighted by Gasteiger charge is -2.05. The van der Waals surface area contributed by atoms with Gasteiger partial charge in [-0.15, -0.1) is 11.3 Å². The number of halogens is 1. The molecule has 4 rings (SSSR count). The summed E-state index contributed by atoms with van der Waals surface area (Å²) in [4.78, 5) is 11.1. The van der Waals surface area contributed by atoms with Crippen molar-refractivity contribution in [3.63, 3.8) is 0 Å². The second-order valence-corrected chi connectivity index (χ2v) is 7.17. The predicted octanol–water partition coefficient (Wildman–Crippen LogP) is 6.39. The summed E-state index contributed by atoms with van der Waals surface area (Å²) in [7, 11) is 0. The van der Waals surface area contributed by atoms with Crippen molar-refractivity contribution in [3.8, 4) is 11.1 Å². The molecule has 0 fully saturated rings. The summed E-state index contributed by atoms with van der Waals surface area (Å²) in [6.07, 6.45) is 0. The molecule has 5 heteroatoms. The van der Waals surface area contributed by atoms with E-state index in [1.165, 1.54) is 10.1 Å². The number of hydrogen-bond acceptors (Lipinski definition) is 3. The van der Waals surface area contributed by atoms with Crippen molar-refractivity contribution in [2.75, 3.05) is 0 Å². The van der Waals surface area contributed by atoms with E-state index >= 15 is 0 Å². The van der Waals surface area contributed by atoms with E-state index in [0.717, 1.165) is 20.1 Å². The van der Waals surface area contributed by atoms with E-state index in [4.69, 9.17) is 0 Å². The summed E-state index contributed by atoms with van der Waals surface area (Å²) < 4.78 is 3.10. The van der Waals surface area contributed by atoms with Crippen LogP contribution in [0, 0.1) is 10.1 Å². The van der Waals surface area contributed by atoms with Crippen LogP contribution in [-0.4, -0.2) is 4.92 Å².